The minimum atomic E-state index is -0.850. The van der Waals surface area contributed by atoms with Crippen LogP contribution in [0.1, 0.15) is 43.1 Å². The molecule has 8 heteroatoms. The maximum atomic E-state index is 12.9. The number of esters is 3. The number of carbonyl (C=O) groups is 4. The van der Waals surface area contributed by atoms with Gasteiger partial charge in [0.2, 0.25) is 0 Å². The van der Waals surface area contributed by atoms with Crippen LogP contribution in [-0.2, 0) is 30.3 Å². The number of Topliss-reactive ketones (excluding diaryl/α,β-unsaturated/α-hetero) is 1. The smallest absolute Gasteiger partial charge is 0.308 e. The normalized spacial score (nSPS) is 11.2. The molecule has 0 fully saturated rings. The number of ether oxygens (including phenoxy) is 4. The first-order chi connectivity index (χ1) is 15.2. The molecule has 0 radical (unpaired) electrons. The molecule has 1 unspecified atom stereocenters. The summed E-state index contributed by atoms with van der Waals surface area (Å²) >= 11 is 0. The fourth-order valence-electron chi connectivity index (χ4n) is 2.86. The van der Waals surface area contributed by atoms with Crippen LogP contribution < -0.4 is 9.47 Å². The van der Waals surface area contributed by atoms with E-state index < -0.39 is 24.0 Å². The van der Waals surface area contributed by atoms with Crippen molar-refractivity contribution in [1.29, 1.82) is 0 Å². The van der Waals surface area contributed by atoms with Gasteiger partial charge in [-0.2, -0.15) is 0 Å². The van der Waals surface area contributed by atoms with Crippen LogP contribution >= 0.6 is 0 Å². The summed E-state index contributed by atoms with van der Waals surface area (Å²) < 4.78 is 20.8. The third-order valence-corrected chi connectivity index (χ3v) is 4.23. The Morgan fingerprint density at radius 2 is 1.56 bits per heavy atom. The lowest BCUT2D eigenvalue weighted by atomic mass is 10.0. The molecule has 0 saturated carbocycles. The molecule has 2 rings (SSSR count). The Morgan fingerprint density at radius 3 is 2.19 bits per heavy atom. The average Bonchev–Trinajstić information content (AvgIpc) is 2.74. The van der Waals surface area contributed by atoms with Crippen LogP contribution in [0.3, 0.4) is 0 Å². The summed E-state index contributed by atoms with van der Waals surface area (Å²) in [6, 6.07) is 14.0. The third kappa shape index (κ3) is 8.59. The monoisotopic (exact) mass is 442 g/mol. The second-order valence-electron chi connectivity index (χ2n) is 7.01. The summed E-state index contributed by atoms with van der Waals surface area (Å²) in [5.74, 6) is -1.36. The van der Waals surface area contributed by atoms with Gasteiger partial charge in [-0.3, -0.25) is 19.2 Å². The molecule has 0 saturated heterocycles. The SMILES string of the molecule is CC(=O)OCC(COc1ccc(OC(C)=O)cc1C(=O)CCc1ccccc1)OC(C)=O. The summed E-state index contributed by atoms with van der Waals surface area (Å²) in [6.45, 7) is 3.41. The molecule has 0 aliphatic rings. The summed E-state index contributed by atoms with van der Waals surface area (Å²) in [6.07, 6.45) is -0.110. The summed E-state index contributed by atoms with van der Waals surface area (Å²) in [4.78, 5) is 46.7. The number of benzene rings is 2. The second-order valence-corrected chi connectivity index (χ2v) is 7.01. The Labute approximate surface area is 186 Å². The lowest BCUT2D eigenvalue weighted by molar-refractivity contribution is -0.158. The third-order valence-electron chi connectivity index (χ3n) is 4.23. The molecule has 1 atom stereocenters. The Morgan fingerprint density at radius 1 is 0.844 bits per heavy atom. The van der Waals surface area contributed by atoms with Crippen LogP contribution in [0.15, 0.2) is 48.5 Å². The van der Waals surface area contributed by atoms with Gasteiger partial charge < -0.3 is 18.9 Å². The summed E-state index contributed by atoms with van der Waals surface area (Å²) in [5.41, 5.74) is 1.24. The minimum absolute atomic E-state index is 0.140. The average molecular weight is 442 g/mol. The van der Waals surface area contributed by atoms with Crippen LogP contribution in [0.5, 0.6) is 11.5 Å². The zero-order chi connectivity index (χ0) is 23.5. The molecule has 0 bridgehead atoms. The van der Waals surface area contributed by atoms with Crippen molar-refractivity contribution >= 4 is 23.7 Å². The van der Waals surface area contributed by atoms with Crippen molar-refractivity contribution in [3.05, 3.63) is 59.7 Å². The molecule has 0 spiro atoms. The molecule has 0 aliphatic carbocycles. The first-order valence-electron chi connectivity index (χ1n) is 10.1. The maximum absolute atomic E-state index is 12.9. The largest absolute Gasteiger partial charge is 0.489 e. The van der Waals surface area contributed by atoms with Crippen LogP contribution in [-0.4, -0.2) is 43.0 Å². The van der Waals surface area contributed by atoms with Crippen molar-refractivity contribution in [3.63, 3.8) is 0 Å². The molecule has 8 nitrogen and oxygen atoms in total. The van der Waals surface area contributed by atoms with Crippen molar-refractivity contribution in [2.75, 3.05) is 13.2 Å². The second kappa shape index (κ2) is 12.2. The van der Waals surface area contributed by atoms with E-state index in [0.717, 1.165) is 5.56 Å². The first-order valence-corrected chi connectivity index (χ1v) is 10.1. The number of ketones is 1. The predicted molar refractivity (Wildman–Crippen MR) is 115 cm³/mol. The van der Waals surface area contributed by atoms with E-state index in [9.17, 15) is 19.2 Å². The quantitative estimate of drug-likeness (QED) is 0.297. The van der Waals surface area contributed by atoms with Crippen molar-refractivity contribution in [1.82, 2.24) is 0 Å². The van der Waals surface area contributed by atoms with Crippen molar-refractivity contribution in [2.24, 2.45) is 0 Å². The van der Waals surface area contributed by atoms with Crippen molar-refractivity contribution in [2.45, 2.75) is 39.7 Å². The summed E-state index contributed by atoms with van der Waals surface area (Å²) in [5, 5.41) is 0. The highest BCUT2D eigenvalue weighted by Crippen LogP contribution is 2.27. The van der Waals surface area contributed by atoms with E-state index in [2.05, 4.69) is 0 Å². The lowest BCUT2D eigenvalue weighted by Gasteiger charge is -2.19. The van der Waals surface area contributed by atoms with Gasteiger partial charge >= 0.3 is 17.9 Å². The highest BCUT2D eigenvalue weighted by atomic mass is 16.6. The maximum Gasteiger partial charge on any atom is 0.308 e. The molecular weight excluding hydrogens is 416 g/mol. The number of hydrogen-bond donors (Lipinski definition) is 0. The van der Waals surface area contributed by atoms with Gasteiger partial charge in [0, 0.05) is 27.2 Å². The molecule has 32 heavy (non-hydrogen) atoms. The number of rotatable bonds is 11. The van der Waals surface area contributed by atoms with Crippen molar-refractivity contribution in [3.8, 4) is 11.5 Å². The molecular formula is C24H26O8. The Balaban J connectivity index is 2.17. The van der Waals surface area contributed by atoms with E-state index in [-0.39, 0.29) is 42.5 Å². The van der Waals surface area contributed by atoms with Crippen LogP contribution in [0, 0.1) is 0 Å². The topological polar surface area (TPSA) is 105 Å². The number of carbonyl (C=O) groups excluding carboxylic acids is 4. The Bertz CT molecular complexity index is 952. The number of aryl methyl sites for hydroxylation is 1. The van der Waals surface area contributed by atoms with Gasteiger partial charge in [-0.15, -0.1) is 0 Å². The molecule has 170 valence electrons. The Hall–Kier alpha value is -3.68. The van der Waals surface area contributed by atoms with E-state index in [1.165, 1.54) is 39.0 Å². The van der Waals surface area contributed by atoms with Gasteiger partial charge in [0.05, 0.1) is 5.56 Å². The van der Waals surface area contributed by atoms with E-state index in [1.807, 2.05) is 30.3 Å². The molecule has 0 aliphatic heterocycles. The molecule has 2 aromatic carbocycles. The molecule has 0 amide bonds. The van der Waals surface area contributed by atoms with Crippen LogP contribution in [0.4, 0.5) is 0 Å². The highest BCUT2D eigenvalue weighted by Gasteiger charge is 2.19. The van der Waals surface area contributed by atoms with Gasteiger partial charge in [-0.25, -0.2) is 0 Å². The van der Waals surface area contributed by atoms with E-state index in [4.69, 9.17) is 18.9 Å². The van der Waals surface area contributed by atoms with Gasteiger partial charge in [0.25, 0.3) is 0 Å². The van der Waals surface area contributed by atoms with Crippen LogP contribution in [0.25, 0.3) is 0 Å². The zero-order valence-electron chi connectivity index (χ0n) is 18.3. The lowest BCUT2D eigenvalue weighted by Crippen LogP contribution is -2.30. The fraction of sp³-hybridized carbons (Fsp3) is 0.333. The fourth-order valence-corrected chi connectivity index (χ4v) is 2.86. The first kappa shape index (κ1) is 24.6. The summed E-state index contributed by atoms with van der Waals surface area (Å²) in [7, 11) is 0. The molecule has 0 aromatic heterocycles. The van der Waals surface area contributed by atoms with E-state index >= 15 is 0 Å². The standard InChI is InChI=1S/C24H26O8/c1-16(25)29-14-21(32-18(3)27)15-30-24-12-10-20(31-17(2)26)13-22(24)23(28)11-9-19-7-5-4-6-8-19/h4-8,10,12-13,21H,9,11,14-15H2,1-3H3. The zero-order valence-corrected chi connectivity index (χ0v) is 18.3. The number of hydrogen-bond acceptors (Lipinski definition) is 8. The van der Waals surface area contributed by atoms with E-state index in [0.29, 0.717) is 6.42 Å². The van der Waals surface area contributed by atoms with Gasteiger partial charge in [-0.05, 0) is 30.2 Å². The molecule has 2 aromatic rings. The van der Waals surface area contributed by atoms with Gasteiger partial charge in [-0.1, -0.05) is 30.3 Å². The van der Waals surface area contributed by atoms with Crippen molar-refractivity contribution < 1.29 is 38.1 Å². The van der Waals surface area contributed by atoms with Crippen LogP contribution in [0.2, 0.25) is 0 Å². The molecule has 0 N–H and O–H groups in total. The predicted octanol–water partition coefficient (Wildman–Crippen LogP) is 3.30. The van der Waals surface area contributed by atoms with Gasteiger partial charge in [0.15, 0.2) is 11.9 Å². The van der Waals surface area contributed by atoms with Gasteiger partial charge in [0.1, 0.15) is 24.7 Å². The molecule has 0 heterocycles. The Kier molecular flexibility index (Phi) is 9.41. The minimum Gasteiger partial charge on any atom is -0.489 e. The van der Waals surface area contributed by atoms with E-state index in [1.54, 1.807) is 0 Å². The highest BCUT2D eigenvalue weighted by molar-refractivity contribution is 5.99.